The van der Waals surface area contributed by atoms with Crippen molar-refractivity contribution in [2.24, 2.45) is 11.8 Å². The first-order chi connectivity index (χ1) is 13.2. The highest BCUT2D eigenvalue weighted by Gasteiger charge is 2.32. The molecular formula is C18H26ClN3O5S. The van der Waals surface area contributed by atoms with Gasteiger partial charge in [0.2, 0.25) is 15.9 Å². The van der Waals surface area contributed by atoms with Gasteiger partial charge in [-0.15, -0.1) is 0 Å². The van der Waals surface area contributed by atoms with E-state index in [1.54, 1.807) is 37.5 Å². The number of sulfonamides is 1. The van der Waals surface area contributed by atoms with Crippen LogP contribution in [0.2, 0.25) is 5.02 Å². The molecule has 0 saturated heterocycles. The lowest BCUT2D eigenvalue weighted by molar-refractivity contribution is -0.134. The third-order valence-corrected chi connectivity index (χ3v) is 6.71. The maximum Gasteiger partial charge on any atom is 0.247 e. The molecule has 0 spiro atoms. The summed E-state index contributed by atoms with van der Waals surface area (Å²) in [7, 11) is -3.64. The fourth-order valence-corrected chi connectivity index (χ4v) is 4.77. The summed E-state index contributed by atoms with van der Waals surface area (Å²) in [5.41, 5.74) is 6.16. The minimum atomic E-state index is -3.64. The molecule has 28 heavy (non-hydrogen) atoms. The maximum absolute atomic E-state index is 12.6. The average Bonchev–Trinajstić information content (AvgIpc) is 2.67. The summed E-state index contributed by atoms with van der Waals surface area (Å²) in [6, 6.07) is 7.29. The molecule has 2 rings (SSSR count). The minimum absolute atomic E-state index is 0.195. The predicted molar refractivity (Wildman–Crippen MR) is 106 cm³/mol. The summed E-state index contributed by atoms with van der Waals surface area (Å²) in [6.45, 7) is 4.32. The average molecular weight is 432 g/mol. The highest BCUT2D eigenvalue weighted by molar-refractivity contribution is 7.89. The quantitative estimate of drug-likeness (QED) is 0.408. The second-order valence-electron chi connectivity index (χ2n) is 6.96. The van der Waals surface area contributed by atoms with E-state index in [0.29, 0.717) is 18.1 Å². The molecule has 0 saturated carbocycles. The molecule has 10 heteroatoms. The van der Waals surface area contributed by atoms with E-state index < -0.39 is 21.8 Å². The molecule has 1 aromatic rings. The van der Waals surface area contributed by atoms with Crippen molar-refractivity contribution in [1.82, 2.24) is 15.3 Å². The Balaban J connectivity index is 1.87. The predicted octanol–water partition coefficient (Wildman–Crippen LogP) is 2.06. The molecule has 0 bridgehead atoms. The van der Waals surface area contributed by atoms with Gasteiger partial charge in [0, 0.05) is 30.2 Å². The molecule has 0 aromatic heterocycles. The number of hydrogen-bond donors (Lipinski definition) is 3. The zero-order valence-corrected chi connectivity index (χ0v) is 17.5. The van der Waals surface area contributed by atoms with Crippen LogP contribution in [-0.2, 0) is 26.3 Å². The van der Waals surface area contributed by atoms with Crippen LogP contribution in [0.15, 0.2) is 36.0 Å². The van der Waals surface area contributed by atoms with Crippen LogP contribution >= 0.6 is 11.6 Å². The summed E-state index contributed by atoms with van der Waals surface area (Å²) < 4.78 is 26.6. The van der Waals surface area contributed by atoms with Crippen molar-refractivity contribution in [3.63, 3.8) is 0 Å². The lowest BCUT2D eigenvalue weighted by atomic mass is 9.97. The number of halogens is 1. The Morgan fingerprint density at radius 3 is 2.54 bits per heavy atom. The van der Waals surface area contributed by atoms with E-state index in [9.17, 15) is 13.2 Å². The minimum Gasteiger partial charge on any atom is -0.289 e. The zero-order valence-electron chi connectivity index (χ0n) is 15.9. The van der Waals surface area contributed by atoms with Crippen molar-refractivity contribution in [2.45, 2.75) is 26.9 Å². The molecule has 1 aromatic carbocycles. The van der Waals surface area contributed by atoms with Crippen molar-refractivity contribution >= 4 is 27.5 Å². The molecule has 0 fully saturated rings. The van der Waals surface area contributed by atoms with Gasteiger partial charge in [-0.1, -0.05) is 37.6 Å². The van der Waals surface area contributed by atoms with E-state index in [-0.39, 0.29) is 24.8 Å². The Bertz CT molecular complexity index is 796. The van der Waals surface area contributed by atoms with Crippen molar-refractivity contribution in [3.8, 4) is 0 Å². The van der Waals surface area contributed by atoms with Crippen LogP contribution in [0.4, 0.5) is 0 Å². The first-order valence-electron chi connectivity index (χ1n) is 8.96. The molecule has 3 N–H and O–H groups in total. The summed E-state index contributed by atoms with van der Waals surface area (Å²) >= 11 is 5.84. The number of carbonyl (C=O) groups excluding carboxylic acids is 1. The molecule has 1 heterocycles. The van der Waals surface area contributed by atoms with Crippen LogP contribution in [-0.4, -0.2) is 42.7 Å². The number of amides is 1. The summed E-state index contributed by atoms with van der Waals surface area (Å²) in [6.07, 6.45) is 2.22. The second-order valence-corrected chi connectivity index (χ2v) is 9.41. The Morgan fingerprint density at radius 2 is 2.00 bits per heavy atom. The fraction of sp³-hybridized carbons (Fsp3) is 0.500. The third kappa shape index (κ3) is 6.46. The number of carbonyl (C=O) groups is 1. The Labute approximate surface area is 170 Å². The van der Waals surface area contributed by atoms with Crippen molar-refractivity contribution in [3.05, 3.63) is 46.6 Å². The van der Waals surface area contributed by atoms with Gasteiger partial charge in [0.15, 0.2) is 0 Å². The maximum atomic E-state index is 12.6. The van der Waals surface area contributed by atoms with Crippen molar-refractivity contribution < 1.29 is 23.3 Å². The summed E-state index contributed by atoms with van der Waals surface area (Å²) in [4.78, 5) is 17.2. The highest BCUT2D eigenvalue weighted by Crippen LogP contribution is 2.19. The van der Waals surface area contributed by atoms with E-state index in [1.165, 1.54) is 4.31 Å². The number of nitrogens with one attached hydrogen (secondary N) is 2. The Morgan fingerprint density at radius 1 is 1.32 bits per heavy atom. The van der Waals surface area contributed by atoms with E-state index in [1.807, 2.05) is 12.1 Å². The molecule has 1 amide bonds. The first kappa shape index (κ1) is 22.6. The molecule has 156 valence electrons. The Kier molecular flexibility index (Phi) is 8.26. The van der Waals surface area contributed by atoms with Crippen molar-refractivity contribution in [2.75, 3.05) is 18.8 Å². The molecule has 1 aliphatic rings. The molecule has 0 aliphatic carbocycles. The van der Waals surface area contributed by atoms with E-state index in [0.717, 1.165) is 11.3 Å². The van der Waals surface area contributed by atoms with E-state index in [2.05, 4.69) is 5.48 Å². The zero-order chi connectivity index (χ0) is 20.7. The van der Waals surface area contributed by atoms with Gasteiger partial charge < -0.3 is 0 Å². The number of hydroxylamine groups is 2. The first-order valence-corrected chi connectivity index (χ1v) is 10.9. The normalized spacial score (nSPS) is 16.5. The van der Waals surface area contributed by atoms with Gasteiger partial charge in [-0.05, 0) is 29.7 Å². The van der Waals surface area contributed by atoms with Gasteiger partial charge in [0.25, 0.3) is 0 Å². The van der Waals surface area contributed by atoms with Crippen LogP contribution in [0, 0.1) is 11.8 Å². The van der Waals surface area contributed by atoms with E-state index >= 15 is 0 Å². The lowest BCUT2D eigenvalue weighted by Crippen LogP contribution is -2.43. The monoisotopic (exact) mass is 431 g/mol. The SMILES string of the molecule is CC(C)C(CS(=O)(=O)N1CC=C(NOCc2ccc(Cl)cc2)CC1)C(=O)NO. The van der Waals surface area contributed by atoms with Crippen LogP contribution in [0.25, 0.3) is 0 Å². The van der Waals surface area contributed by atoms with Gasteiger partial charge in [0.1, 0.15) is 0 Å². The van der Waals surface area contributed by atoms with Gasteiger partial charge in [-0.2, -0.15) is 4.31 Å². The van der Waals surface area contributed by atoms with Crippen LogP contribution in [0.5, 0.6) is 0 Å². The van der Waals surface area contributed by atoms with Gasteiger partial charge >= 0.3 is 0 Å². The van der Waals surface area contributed by atoms with Crippen LogP contribution in [0.3, 0.4) is 0 Å². The highest BCUT2D eigenvalue weighted by atomic mass is 35.5. The molecule has 0 radical (unpaired) electrons. The van der Waals surface area contributed by atoms with Gasteiger partial charge in [0.05, 0.1) is 18.3 Å². The molecular weight excluding hydrogens is 406 g/mol. The number of hydrogen-bond acceptors (Lipinski definition) is 6. The Hall–Kier alpha value is -1.65. The molecule has 1 aliphatic heterocycles. The smallest absolute Gasteiger partial charge is 0.247 e. The fourth-order valence-electron chi connectivity index (χ4n) is 2.77. The summed E-state index contributed by atoms with van der Waals surface area (Å²) in [5.74, 6) is -2.08. The molecule has 1 atom stereocenters. The topological polar surface area (TPSA) is 108 Å². The van der Waals surface area contributed by atoms with Gasteiger partial charge in [-0.25, -0.2) is 13.9 Å². The largest absolute Gasteiger partial charge is 0.289 e. The number of benzene rings is 1. The van der Waals surface area contributed by atoms with Crippen molar-refractivity contribution in [1.29, 1.82) is 0 Å². The molecule has 8 nitrogen and oxygen atoms in total. The van der Waals surface area contributed by atoms with E-state index in [4.69, 9.17) is 21.6 Å². The second kappa shape index (κ2) is 10.2. The standard InChI is InChI=1S/C18H26ClN3O5S/c1-13(2)17(18(23)20-24)12-28(25,26)22-9-7-16(8-10-22)21-27-11-14-3-5-15(19)6-4-14/h3-7,13,17,21,24H,8-12H2,1-2H3,(H,20,23). The number of rotatable bonds is 9. The third-order valence-electron chi connectivity index (χ3n) is 4.56. The lowest BCUT2D eigenvalue weighted by Gasteiger charge is -2.28. The van der Waals surface area contributed by atoms with Gasteiger partial charge in [-0.3, -0.25) is 20.3 Å². The molecule has 1 unspecified atom stereocenters. The van der Waals surface area contributed by atoms with Crippen LogP contribution < -0.4 is 11.0 Å². The summed E-state index contributed by atoms with van der Waals surface area (Å²) in [5, 5.41) is 9.48. The number of nitrogens with zero attached hydrogens (tertiary/aromatic N) is 1. The van der Waals surface area contributed by atoms with Crippen LogP contribution in [0.1, 0.15) is 25.8 Å².